The van der Waals surface area contributed by atoms with E-state index in [9.17, 15) is 14.7 Å². The van der Waals surface area contributed by atoms with Crippen molar-refractivity contribution in [3.63, 3.8) is 0 Å². The van der Waals surface area contributed by atoms with Crippen molar-refractivity contribution in [3.8, 4) is 5.75 Å². The van der Waals surface area contributed by atoms with Crippen LogP contribution in [-0.4, -0.2) is 60.4 Å². The highest BCUT2D eigenvalue weighted by Crippen LogP contribution is 2.40. The number of hydrogen-bond donors (Lipinski definition) is 1. The number of carbonyl (C=O) groups excluding carboxylic acids is 2. The Kier molecular flexibility index (Phi) is 6.71. The lowest BCUT2D eigenvalue weighted by Gasteiger charge is -2.27. The summed E-state index contributed by atoms with van der Waals surface area (Å²) in [6.07, 6.45) is 0.730. The SMILES string of the molecule is CCOc1cccc(C2C(C(=O)c3cccs3)=C(O)C(=O)N2CCCN(C)C)c1. The van der Waals surface area contributed by atoms with Gasteiger partial charge < -0.3 is 19.6 Å². The smallest absolute Gasteiger partial charge is 0.290 e. The molecule has 2 aromatic rings. The Bertz CT molecular complexity index is 905. The van der Waals surface area contributed by atoms with Crippen LogP contribution in [-0.2, 0) is 4.79 Å². The highest BCUT2D eigenvalue weighted by Gasteiger charge is 2.43. The lowest BCUT2D eigenvalue weighted by Crippen LogP contribution is -2.33. The number of carbonyl (C=O) groups is 2. The molecular formula is C22H26N2O4S. The van der Waals surface area contributed by atoms with Gasteiger partial charge in [-0.15, -0.1) is 11.3 Å². The molecule has 1 N–H and O–H groups in total. The van der Waals surface area contributed by atoms with Crippen molar-refractivity contribution in [2.24, 2.45) is 0 Å². The van der Waals surface area contributed by atoms with Crippen LogP contribution in [0.5, 0.6) is 5.75 Å². The van der Waals surface area contributed by atoms with Gasteiger partial charge in [-0.3, -0.25) is 9.59 Å². The van der Waals surface area contributed by atoms with E-state index >= 15 is 0 Å². The maximum atomic E-state index is 13.2. The first kappa shape index (κ1) is 21.1. The second kappa shape index (κ2) is 9.24. The highest BCUT2D eigenvalue weighted by molar-refractivity contribution is 7.12. The fourth-order valence-electron chi connectivity index (χ4n) is 3.50. The molecule has 1 amide bonds. The Morgan fingerprint density at radius 2 is 2.07 bits per heavy atom. The van der Waals surface area contributed by atoms with Crippen LogP contribution in [0.3, 0.4) is 0 Å². The molecule has 0 bridgehead atoms. The van der Waals surface area contributed by atoms with Gasteiger partial charge in [0.2, 0.25) is 5.78 Å². The molecule has 2 heterocycles. The lowest BCUT2D eigenvalue weighted by molar-refractivity contribution is -0.129. The summed E-state index contributed by atoms with van der Waals surface area (Å²) in [4.78, 5) is 30.2. The average molecular weight is 415 g/mol. The quantitative estimate of drug-likeness (QED) is 0.634. The number of thiophene rings is 1. The fourth-order valence-corrected chi connectivity index (χ4v) is 4.18. The molecule has 1 aliphatic rings. The molecule has 0 fully saturated rings. The Morgan fingerprint density at radius 1 is 1.28 bits per heavy atom. The molecule has 0 radical (unpaired) electrons. The second-order valence-corrected chi connectivity index (χ2v) is 8.08. The molecule has 1 unspecified atom stereocenters. The van der Waals surface area contributed by atoms with Crippen molar-refractivity contribution in [2.45, 2.75) is 19.4 Å². The zero-order chi connectivity index (χ0) is 21.0. The Hall–Kier alpha value is -2.64. The number of ketones is 1. The van der Waals surface area contributed by atoms with Crippen LogP contribution in [0, 0.1) is 0 Å². The van der Waals surface area contributed by atoms with E-state index in [2.05, 4.69) is 0 Å². The number of nitrogens with zero attached hydrogens (tertiary/aromatic N) is 2. The summed E-state index contributed by atoms with van der Waals surface area (Å²) in [5, 5.41) is 12.4. The van der Waals surface area contributed by atoms with Crippen LogP contribution in [0.4, 0.5) is 0 Å². The van der Waals surface area contributed by atoms with Crippen molar-refractivity contribution in [2.75, 3.05) is 33.8 Å². The minimum Gasteiger partial charge on any atom is -0.503 e. The predicted molar refractivity (Wildman–Crippen MR) is 114 cm³/mol. The van der Waals surface area contributed by atoms with Crippen molar-refractivity contribution in [3.05, 3.63) is 63.6 Å². The summed E-state index contributed by atoms with van der Waals surface area (Å²) in [5.74, 6) is -0.608. The third-order valence-corrected chi connectivity index (χ3v) is 5.65. The number of Topliss-reactive ketones (excluding diaryl/α,β-unsaturated/α-hetero) is 1. The summed E-state index contributed by atoms with van der Waals surface area (Å²) in [6, 6.07) is 10.2. The summed E-state index contributed by atoms with van der Waals surface area (Å²) in [5.41, 5.74) is 0.883. The molecule has 3 rings (SSSR count). The second-order valence-electron chi connectivity index (χ2n) is 7.13. The number of amides is 1. The van der Waals surface area contributed by atoms with Gasteiger partial charge in [-0.2, -0.15) is 0 Å². The Balaban J connectivity index is 2.01. The molecule has 29 heavy (non-hydrogen) atoms. The average Bonchev–Trinajstić information content (AvgIpc) is 3.31. The summed E-state index contributed by atoms with van der Waals surface area (Å²) >= 11 is 1.30. The van der Waals surface area contributed by atoms with Crippen LogP contribution in [0.25, 0.3) is 0 Å². The van der Waals surface area contributed by atoms with E-state index in [1.54, 1.807) is 22.4 Å². The molecule has 0 aliphatic carbocycles. The van der Waals surface area contributed by atoms with Gasteiger partial charge in [-0.05, 0) is 63.1 Å². The van der Waals surface area contributed by atoms with E-state index in [1.165, 1.54) is 11.3 Å². The minimum atomic E-state index is -0.639. The van der Waals surface area contributed by atoms with Crippen molar-refractivity contribution in [1.82, 2.24) is 9.80 Å². The first-order valence-electron chi connectivity index (χ1n) is 9.63. The molecule has 6 nitrogen and oxygen atoms in total. The molecule has 1 atom stereocenters. The molecule has 7 heteroatoms. The van der Waals surface area contributed by atoms with Gasteiger partial charge in [0, 0.05) is 6.54 Å². The van der Waals surface area contributed by atoms with E-state index in [4.69, 9.17) is 4.74 Å². The molecule has 0 spiro atoms. The molecule has 1 aromatic heterocycles. The third kappa shape index (κ3) is 4.52. The van der Waals surface area contributed by atoms with Gasteiger partial charge in [-0.25, -0.2) is 0 Å². The maximum absolute atomic E-state index is 13.2. The molecule has 154 valence electrons. The number of benzene rings is 1. The highest BCUT2D eigenvalue weighted by atomic mass is 32.1. The van der Waals surface area contributed by atoms with Crippen molar-refractivity contribution in [1.29, 1.82) is 0 Å². The third-order valence-electron chi connectivity index (χ3n) is 4.78. The zero-order valence-corrected chi connectivity index (χ0v) is 17.7. The Labute approximate surface area is 175 Å². The van der Waals surface area contributed by atoms with Gasteiger partial charge in [0.05, 0.1) is 23.1 Å². The number of rotatable bonds is 9. The Morgan fingerprint density at radius 3 is 2.72 bits per heavy atom. The molecule has 0 saturated heterocycles. The van der Waals surface area contributed by atoms with E-state index in [0.717, 1.165) is 18.5 Å². The molecule has 0 saturated carbocycles. The van der Waals surface area contributed by atoms with Crippen LogP contribution in [0.2, 0.25) is 0 Å². The first-order valence-corrected chi connectivity index (χ1v) is 10.5. The lowest BCUT2D eigenvalue weighted by atomic mass is 9.95. The van der Waals surface area contributed by atoms with Gasteiger partial charge in [0.1, 0.15) is 5.75 Å². The number of ether oxygens (including phenoxy) is 1. The zero-order valence-electron chi connectivity index (χ0n) is 16.9. The maximum Gasteiger partial charge on any atom is 0.290 e. The molecule has 1 aliphatic heterocycles. The summed E-state index contributed by atoms with van der Waals surface area (Å²) in [7, 11) is 3.94. The van der Waals surface area contributed by atoms with Gasteiger partial charge in [0.25, 0.3) is 5.91 Å². The van der Waals surface area contributed by atoms with Gasteiger partial charge >= 0.3 is 0 Å². The monoisotopic (exact) mass is 414 g/mol. The normalized spacial score (nSPS) is 16.8. The van der Waals surface area contributed by atoms with Crippen molar-refractivity contribution < 1.29 is 19.4 Å². The van der Waals surface area contributed by atoms with Crippen LogP contribution in [0.1, 0.15) is 34.6 Å². The van der Waals surface area contributed by atoms with E-state index in [1.807, 2.05) is 50.2 Å². The van der Waals surface area contributed by atoms with E-state index in [-0.39, 0.29) is 11.4 Å². The fraction of sp³-hybridized carbons (Fsp3) is 0.364. The number of hydrogen-bond acceptors (Lipinski definition) is 6. The summed E-state index contributed by atoms with van der Waals surface area (Å²) < 4.78 is 5.60. The first-order chi connectivity index (χ1) is 13.9. The van der Waals surface area contributed by atoms with Gasteiger partial charge in [0.15, 0.2) is 5.76 Å². The largest absolute Gasteiger partial charge is 0.503 e. The van der Waals surface area contributed by atoms with Crippen LogP contribution < -0.4 is 4.74 Å². The van der Waals surface area contributed by atoms with Gasteiger partial charge in [-0.1, -0.05) is 18.2 Å². The topological polar surface area (TPSA) is 70.1 Å². The standard InChI is InChI=1S/C22H26N2O4S/c1-4-28-16-9-5-8-15(14-16)19-18(20(25)17-10-6-13-29-17)21(26)22(27)24(19)12-7-11-23(2)3/h5-6,8-10,13-14,19,26H,4,7,11-12H2,1-3H3. The number of aliphatic hydroxyl groups excluding tert-OH is 1. The minimum absolute atomic E-state index is 0.135. The predicted octanol–water partition coefficient (Wildman–Crippen LogP) is 3.68. The number of aliphatic hydroxyl groups is 1. The van der Waals surface area contributed by atoms with Crippen molar-refractivity contribution >= 4 is 23.0 Å². The molecular weight excluding hydrogens is 388 g/mol. The molecule has 1 aromatic carbocycles. The van der Waals surface area contributed by atoms with Crippen LogP contribution >= 0.6 is 11.3 Å². The van der Waals surface area contributed by atoms with E-state index in [0.29, 0.717) is 23.8 Å². The summed E-state index contributed by atoms with van der Waals surface area (Å²) in [6.45, 7) is 3.65. The van der Waals surface area contributed by atoms with Crippen LogP contribution in [0.15, 0.2) is 53.1 Å². The van der Waals surface area contributed by atoms with E-state index < -0.39 is 17.7 Å².